The minimum Gasteiger partial charge on any atom is -0.478 e. The lowest BCUT2D eigenvalue weighted by Crippen LogP contribution is -2.24. The van der Waals surface area contributed by atoms with Gasteiger partial charge in [-0.1, -0.05) is 0 Å². The first kappa shape index (κ1) is 13.2. The first-order chi connectivity index (χ1) is 9.02. The predicted octanol–water partition coefficient (Wildman–Crippen LogP) is 0.913. The van der Waals surface area contributed by atoms with E-state index in [-0.39, 0.29) is 23.2 Å². The number of aromatic nitrogens is 1. The second-order valence-electron chi connectivity index (χ2n) is 4.22. The fourth-order valence-electron chi connectivity index (χ4n) is 2.05. The van der Waals surface area contributed by atoms with Crippen LogP contribution in [0.3, 0.4) is 0 Å². The number of anilines is 1. The average Bonchev–Trinajstić information content (AvgIpc) is 2.86. The molecule has 0 radical (unpaired) electrons. The number of rotatable bonds is 4. The Morgan fingerprint density at radius 2 is 2.42 bits per heavy atom. The van der Waals surface area contributed by atoms with Crippen LogP contribution >= 0.6 is 0 Å². The lowest BCUT2D eigenvalue weighted by molar-refractivity contribution is -0.384. The van der Waals surface area contributed by atoms with E-state index in [2.05, 4.69) is 4.98 Å². The highest BCUT2D eigenvalue weighted by molar-refractivity contribution is 5.88. The van der Waals surface area contributed by atoms with Crippen LogP contribution in [0.4, 0.5) is 11.5 Å². The largest absolute Gasteiger partial charge is 0.478 e. The standard InChI is InChI=1S/C11H13N3O5/c1-19-8-2-3-13(6-8)10-9(14(17)18)4-7(5-12-10)11(15)16/h4-5,8H,2-3,6H2,1H3,(H,15,16). The van der Waals surface area contributed by atoms with Gasteiger partial charge in [-0.3, -0.25) is 10.1 Å². The Bertz CT molecular complexity index is 519. The maximum atomic E-state index is 11.0. The van der Waals surface area contributed by atoms with Gasteiger partial charge in [0, 0.05) is 32.5 Å². The van der Waals surface area contributed by atoms with Crippen LogP contribution < -0.4 is 4.90 Å². The van der Waals surface area contributed by atoms with Gasteiger partial charge in [-0.15, -0.1) is 0 Å². The molecule has 2 rings (SSSR count). The van der Waals surface area contributed by atoms with Crippen molar-refractivity contribution in [2.24, 2.45) is 0 Å². The minimum atomic E-state index is -1.24. The van der Waals surface area contributed by atoms with Crippen molar-refractivity contribution in [2.75, 3.05) is 25.1 Å². The molecule has 0 spiro atoms. The molecule has 19 heavy (non-hydrogen) atoms. The zero-order chi connectivity index (χ0) is 14.0. The molecular weight excluding hydrogens is 254 g/mol. The zero-order valence-electron chi connectivity index (χ0n) is 10.3. The zero-order valence-corrected chi connectivity index (χ0v) is 10.3. The summed E-state index contributed by atoms with van der Waals surface area (Å²) in [5.74, 6) is -1.05. The summed E-state index contributed by atoms with van der Waals surface area (Å²) < 4.78 is 5.19. The molecule has 1 unspecified atom stereocenters. The van der Waals surface area contributed by atoms with Gasteiger partial charge in [0.2, 0.25) is 5.82 Å². The number of nitro groups is 1. The third-order valence-electron chi connectivity index (χ3n) is 3.07. The van der Waals surface area contributed by atoms with Crippen molar-refractivity contribution in [1.29, 1.82) is 0 Å². The van der Waals surface area contributed by atoms with E-state index in [1.165, 1.54) is 0 Å². The van der Waals surface area contributed by atoms with Gasteiger partial charge in [-0.25, -0.2) is 9.78 Å². The molecule has 1 aromatic rings. The Morgan fingerprint density at radius 1 is 1.68 bits per heavy atom. The average molecular weight is 267 g/mol. The quantitative estimate of drug-likeness (QED) is 0.638. The molecule has 1 aliphatic heterocycles. The van der Waals surface area contributed by atoms with Crippen LogP contribution in [-0.2, 0) is 4.74 Å². The van der Waals surface area contributed by atoms with E-state index in [4.69, 9.17) is 9.84 Å². The van der Waals surface area contributed by atoms with Crippen LogP contribution in [0, 0.1) is 10.1 Å². The summed E-state index contributed by atoms with van der Waals surface area (Å²) in [6.07, 6.45) is 1.90. The number of aromatic carboxylic acids is 1. The molecule has 2 heterocycles. The van der Waals surface area contributed by atoms with E-state index in [9.17, 15) is 14.9 Å². The van der Waals surface area contributed by atoms with Crippen molar-refractivity contribution in [1.82, 2.24) is 4.98 Å². The minimum absolute atomic E-state index is 0.0144. The number of hydrogen-bond donors (Lipinski definition) is 1. The summed E-state index contributed by atoms with van der Waals surface area (Å²) in [5, 5.41) is 19.9. The normalized spacial score (nSPS) is 18.6. The van der Waals surface area contributed by atoms with Crippen LogP contribution in [-0.4, -0.2) is 47.3 Å². The van der Waals surface area contributed by atoms with E-state index in [1.54, 1.807) is 12.0 Å². The highest BCUT2D eigenvalue weighted by Crippen LogP contribution is 2.29. The molecule has 8 nitrogen and oxygen atoms in total. The van der Waals surface area contributed by atoms with Gasteiger partial charge in [0.15, 0.2) is 0 Å². The molecule has 0 aromatic carbocycles. The Balaban J connectivity index is 2.35. The van der Waals surface area contributed by atoms with E-state index in [0.717, 1.165) is 18.7 Å². The molecule has 1 N–H and O–H groups in total. The summed E-state index contributed by atoms with van der Waals surface area (Å²) in [6.45, 7) is 1.11. The van der Waals surface area contributed by atoms with Crippen LogP contribution in [0.1, 0.15) is 16.8 Å². The maximum absolute atomic E-state index is 11.0. The number of carbonyl (C=O) groups is 1. The number of carboxylic acids is 1. The maximum Gasteiger partial charge on any atom is 0.337 e. The van der Waals surface area contributed by atoms with Gasteiger partial charge in [-0.05, 0) is 6.42 Å². The number of ether oxygens (including phenoxy) is 1. The van der Waals surface area contributed by atoms with Crippen LogP contribution in [0.15, 0.2) is 12.3 Å². The van der Waals surface area contributed by atoms with Crippen LogP contribution in [0.25, 0.3) is 0 Å². The third-order valence-corrected chi connectivity index (χ3v) is 3.07. The van der Waals surface area contributed by atoms with Crippen LogP contribution in [0.2, 0.25) is 0 Å². The SMILES string of the molecule is COC1CCN(c2ncc(C(=O)O)cc2[N+](=O)[O-])C1. The fraction of sp³-hybridized carbons (Fsp3) is 0.455. The van der Waals surface area contributed by atoms with Crippen molar-refractivity contribution < 1.29 is 19.6 Å². The lowest BCUT2D eigenvalue weighted by Gasteiger charge is -2.16. The summed E-state index contributed by atoms with van der Waals surface area (Å²) in [6, 6.07) is 1.03. The number of hydrogen-bond acceptors (Lipinski definition) is 6. The highest BCUT2D eigenvalue weighted by atomic mass is 16.6. The molecule has 0 aliphatic carbocycles. The van der Waals surface area contributed by atoms with Gasteiger partial charge in [0.1, 0.15) is 0 Å². The molecule has 1 aliphatic rings. The van der Waals surface area contributed by atoms with Crippen LogP contribution in [0.5, 0.6) is 0 Å². The monoisotopic (exact) mass is 267 g/mol. The van der Waals surface area contributed by atoms with Gasteiger partial charge >= 0.3 is 11.7 Å². The first-order valence-electron chi connectivity index (χ1n) is 5.68. The smallest absolute Gasteiger partial charge is 0.337 e. The molecule has 0 bridgehead atoms. The lowest BCUT2D eigenvalue weighted by atomic mass is 10.2. The van der Waals surface area contributed by atoms with Gasteiger partial charge in [0.05, 0.1) is 16.6 Å². The second-order valence-corrected chi connectivity index (χ2v) is 4.22. The molecule has 0 saturated carbocycles. The van der Waals surface area contributed by atoms with E-state index in [1.807, 2.05) is 0 Å². The van der Waals surface area contributed by atoms with E-state index in [0.29, 0.717) is 13.1 Å². The number of methoxy groups -OCH3 is 1. The molecule has 1 atom stereocenters. The molecule has 0 amide bonds. The van der Waals surface area contributed by atoms with Crippen molar-refractivity contribution in [3.63, 3.8) is 0 Å². The highest BCUT2D eigenvalue weighted by Gasteiger charge is 2.29. The fourth-order valence-corrected chi connectivity index (χ4v) is 2.05. The Hall–Kier alpha value is -2.22. The van der Waals surface area contributed by atoms with Gasteiger partial charge in [-0.2, -0.15) is 0 Å². The number of carboxylic acid groups (broad SMARTS) is 1. The second kappa shape index (κ2) is 5.19. The Morgan fingerprint density at radius 3 is 2.95 bits per heavy atom. The Kier molecular flexibility index (Phi) is 3.61. The van der Waals surface area contributed by atoms with Gasteiger partial charge in [0.25, 0.3) is 0 Å². The molecule has 102 valence electrons. The topological polar surface area (TPSA) is 106 Å². The van der Waals surface area contributed by atoms with Crippen molar-refractivity contribution in [2.45, 2.75) is 12.5 Å². The van der Waals surface area contributed by atoms with Crippen molar-refractivity contribution in [3.05, 3.63) is 27.9 Å². The third kappa shape index (κ3) is 2.63. The molecule has 1 saturated heterocycles. The number of pyridine rings is 1. The summed E-state index contributed by atoms with van der Waals surface area (Å²) in [7, 11) is 1.59. The molecule has 8 heteroatoms. The predicted molar refractivity (Wildman–Crippen MR) is 65.5 cm³/mol. The van der Waals surface area contributed by atoms with Gasteiger partial charge < -0.3 is 14.7 Å². The van der Waals surface area contributed by atoms with Crippen molar-refractivity contribution in [3.8, 4) is 0 Å². The summed E-state index contributed by atoms with van der Waals surface area (Å²) in [4.78, 5) is 26.9. The van der Waals surface area contributed by atoms with E-state index >= 15 is 0 Å². The van der Waals surface area contributed by atoms with Crippen molar-refractivity contribution >= 4 is 17.5 Å². The first-order valence-corrected chi connectivity index (χ1v) is 5.68. The number of nitrogens with zero attached hydrogens (tertiary/aromatic N) is 3. The molecule has 1 aromatic heterocycles. The summed E-state index contributed by atoms with van der Waals surface area (Å²) >= 11 is 0. The molecule has 1 fully saturated rings. The molecular formula is C11H13N3O5. The summed E-state index contributed by atoms with van der Waals surface area (Å²) in [5.41, 5.74) is -0.491. The Labute approximate surface area is 108 Å². The van der Waals surface area contributed by atoms with E-state index < -0.39 is 10.9 Å².